The van der Waals surface area contributed by atoms with E-state index in [1.807, 2.05) is 13.8 Å². The summed E-state index contributed by atoms with van der Waals surface area (Å²) in [4.78, 5) is 34.4. The first kappa shape index (κ1) is 24.4. The van der Waals surface area contributed by atoms with E-state index in [2.05, 4.69) is 23.7 Å². The van der Waals surface area contributed by atoms with E-state index in [4.69, 9.17) is 9.73 Å². The van der Waals surface area contributed by atoms with Gasteiger partial charge >= 0.3 is 5.69 Å². The van der Waals surface area contributed by atoms with Gasteiger partial charge in [-0.3, -0.25) is 14.8 Å². The van der Waals surface area contributed by atoms with Gasteiger partial charge in [0.2, 0.25) is 5.88 Å². The second kappa shape index (κ2) is 11.5. The first-order chi connectivity index (χ1) is 14.9. The molecule has 0 saturated heterocycles. The highest BCUT2D eigenvalue weighted by Gasteiger charge is 2.20. The molecule has 2 rings (SSSR count). The Bertz CT molecular complexity index is 988. The van der Waals surface area contributed by atoms with Crippen LogP contribution < -0.4 is 16.0 Å². The molecule has 31 heavy (non-hydrogen) atoms. The van der Waals surface area contributed by atoms with Crippen LogP contribution in [0.2, 0.25) is 0 Å². The Labute approximate surface area is 183 Å². The van der Waals surface area contributed by atoms with Gasteiger partial charge in [0.25, 0.3) is 5.56 Å². The fourth-order valence-corrected chi connectivity index (χ4v) is 3.57. The van der Waals surface area contributed by atoms with Crippen molar-refractivity contribution in [3.63, 3.8) is 0 Å². The third kappa shape index (κ3) is 6.07. The first-order valence-electron chi connectivity index (χ1n) is 10.9. The third-order valence-corrected chi connectivity index (χ3v) is 5.41. The van der Waals surface area contributed by atoms with Crippen molar-refractivity contribution in [3.8, 4) is 17.3 Å². The van der Waals surface area contributed by atoms with Crippen LogP contribution in [0.15, 0.2) is 38.8 Å². The summed E-state index contributed by atoms with van der Waals surface area (Å²) in [6.07, 6.45) is 2.33. The van der Waals surface area contributed by atoms with Crippen LogP contribution in [0.3, 0.4) is 0 Å². The van der Waals surface area contributed by atoms with Gasteiger partial charge < -0.3 is 14.7 Å². The van der Waals surface area contributed by atoms with E-state index in [9.17, 15) is 14.7 Å². The maximum atomic E-state index is 12.6. The number of aliphatic imine (C=N–C) groups is 1. The summed E-state index contributed by atoms with van der Waals surface area (Å²) in [5, 5.41) is 10.9. The topological polar surface area (TPSA) is 99.9 Å². The lowest BCUT2D eigenvalue weighted by atomic mass is 10.1. The van der Waals surface area contributed by atoms with E-state index in [0.29, 0.717) is 23.6 Å². The number of H-pyrrole nitrogens is 1. The number of methoxy groups -OCH3 is 1. The van der Waals surface area contributed by atoms with E-state index in [0.717, 1.165) is 37.0 Å². The van der Waals surface area contributed by atoms with Crippen LogP contribution in [-0.2, 0) is 0 Å². The number of rotatable bonds is 11. The largest absolute Gasteiger partial charge is 0.497 e. The minimum atomic E-state index is -0.709. The second-order valence-electron chi connectivity index (χ2n) is 7.44. The Morgan fingerprint density at radius 1 is 1.19 bits per heavy atom. The molecule has 2 N–H and O–H groups in total. The lowest BCUT2D eigenvalue weighted by Gasteiger charge is -2.18. The van der Waals surface area contributed by atoms with Crippen LogP contribution >= 0.6 is 0 Å². The van der Waals surface area contributed by atoms with Crippen molar-refractivity contribution in [2.45, 2.75) is 53.0 Å². The van der Waals surface area contributed by atoms with Crippen molar-refractivity contribution < 1.29 is 9.84 Å². The Morgan fingerprint density at radius 3 is 2.39 bits per heavy atom. The number of hydrogen-bond acceptors (Lipinski definition) is 6. The zero-order chi connectivity index (χ0) is 23.0. The summed E-state index contributed by atoms with van der Waals surface area (Å²) in [5.74, 6) is 0.213. The van der Waals surface area contributed by atoms with Crippen LogP contribution in [0.5, 0.6) is 11.6 Å². The molecule has 1 unspecified atom stereocenters. The summed E-state index contributed by atoms with van der Waals surface area (Å²) in [6.45, 7) is 11.2. The molecule has 0 fully saturated rings. The number of ether oxygens (including phenoxy) is 1. The molecule has 2 aromatic rings. The maximum absolute atomic E-state index is 12.6. The van der Waals surface area contributed by atoms with Crippen LogP contribution in [0.4, 0.5) is 0 Å². The van der Waals surface area contributed by atoms with Crippen molar-refractivity contribution in [3.05, 3.63) is 50.7 Å². The molecule has 0 aliphatic heterocycles. The van der Waals surface area contributed by atoms with Gasteiger partial charge in [0.05, 0.1) is 18.5 Å². The fourth-order valence-electron chi connectivity index (χ4n) is 3.57. The molecule has 0 aliphatic carbocycles. The number of hydrogen-bond donors (Lipinski definition) is 2. The molecule has 170 valence electrons. The average molecular weight is 431 g/mol. The van der Waals surface area contributed by atoms with Crippen molar-refractivity contribution >= 4 is 5.71 Å². The zero-order valence-electron chi connectivity index (χ0n) is 19.1. The van der Waals surface area contributed by atoms with Crippen LogP contribution in [0.1, 0.15) is 52.5 Å². The van der Waals surface area contributed by atoms with Gasteiger partial charge in [-0.2, -0.15) is 0 Å². The minimum Gasteiger partial charge on any atom is -0.497 e. The fraction of sp³-hybridized carbons (Fsp3) is 0.522. The van der Waals surface area contributed by atoms with Crippen LogP contribution in [-0.4, -0.2) is 58.1 Å². The van der Waals surface area contributed by atoms with Gasteiger partial charge in [-0.05, 0) is 70.1 Å². The lowest BCUT2D eigenvalue weighted by molar-refractivity contribution is 0.294. The highest BCUT2D eigenvalue weighted by Crippen LogP contribution is 2.21. The predicted molar refractivity (Wildman–Crippen MR) is 124 cm³/mol. The normalized spacial score (nSPS) is 12.9. The Hall–Kier alpha value is -2.87. The van der Waals surface area contributed by atoms with Gasteiger partial charge in [0.15, 0.2) is 0 Å². The summed E-state index contributed by atoms with van der Waals surface area (Å²) >= 11 is 0. The van der Waals surface area contributed by atoms with Crippen molar-refractivity contribution in [2.75, 3.05) is 26.7 Å². The Balaban J connectivity index is 2.37. The SMILES string of the molecule is CCC(=NC(C)CCCN(CC)CC)c1c(O)n(-c2ccc(OC)cc2)c(=O)[nH]c1=O. The molecule has 1 aromatic heterocycles. The molecule has 1 atom stereocenters. The molecular weight excluding hydrogens is 396 g/mol. The standard InChI is InChI=1S/C23H34N4O4/c1-6-19(24-16(4)10-9-15-26(7-2)8-3)20-21(28)25-23(30)27(22(20)29)17-11-13-18(31-5)14-12-17/h11-14,16,29H,6-10,15H2,1-5H3,(H,25,28,30). The molecule has 0 spiro atoms. The third-order valence-electron chi connectivity index (χ3n) is 5.41. The van der Waals surface area contributed by atoms with Gasteiger partial charge in [-0.15, -0.1) is 0 Å². The number of aromatic hydroxyl groups is 1. The molecule has 8 heteroatoms. The summed E-state index contributed by atoms with van der Waals surface area (Å²) in [5.41, 5.74) is -0.407. The molecule has 0 saturated carbocycles. The predicted octanol–water partition coefficient (Wildman–Crippen LogP) is 2.95. The smallest absolute Gasteiger partial charge is 0.335 e. The molecular formula is C23H34N4O4. The summed E-state index contributed by atoms with van der Waals surface area (Å²) < 4.78 is 6.21. The molecule has 1 heterocycles. The van der Waals surface area contributed by atoms with Gasteiger partial charge in [0, 0.05) is 6.04 Å². The maximum Gasteiger partial charge on any atom is 0.335 e. The highest BCUT2D eigenvalue weighted by atomic mass is 16.5. The van der Waals surface area contributed by atoms with Crippen molar-refractivity contribution in [1.82, 2.24) is 14.5 Å². The van der Waals surface area contributed by atoms with E-state index < -0.39 is 17.1 Å². The van der Waals surface area contributed by atoms with Crippen LogP contribution in [0.25, 0.3) is 5.69 Å². The Kier molecular flexibility index (Phi) is 9.05. The number of nitrogens with one attached hydrogen (secondary N) is 1. The quantitative estimate of drug-likeness (QED) is 0.534. The van der Waals surface area contributed by atoms with Crippen LogP contribution in [0, 0.1) is 0 Å². The molecule has 0 bridgehead atoms. The monoisotopic (exact) mass is 430 g/mol. The zero-order valence-corrected chi connectivity index (χ0v) is 19.1. The van der Waals surface area contributed by atoms with Gasteiger partial charge in [-0.1, -0.05) is 20.8 Å². The average Bonchev–Trinajstić information content (AvgIpc) is 2.76. The Morgan fingerprint density at radius 2 is 1.84 bits per heavy atom. The second-order valence-corrected chi connectivity index (χ2v) is 7.44. The van der Waals surface area contributed by atoms with Crippen molar-refractivity contribution in [2.24, 2.45) is 4.99 Å². The molecule has 1 aromatic carbocycles. The van der Waals surface area contributed by atoms with Gasteiger partial charge in [-0.25, -0.2) is 9.36 Å². The highest BCUT2D eigenvalue weighted by molar-refractivity contribution is 6.02. The number of nitrogens with zero attached hydrogens (tertiary/aromatic N) is 3. The number of aromatic nitrogens is 2. The minimum absolute atomic E-state index is 0.00863. The molecule has 0 radical (unpaired) electrons. The van der Waals surface area contributed by atoms with E-state index in [1.54, 1.807) is 31.4 Å². The van der Waals surface area contributed by atoms with E-state index in [-0.39, 0.29) is 11.6 Å². The van der Waals surface area contributed by atoms with E-state index >= 15 is 0 Å². The first-order valence-corrected chi connectivity index (χ1v) is 10.9. The number of aromatic amines is 1. The molecule has 0 aliphatic rings. The molecule has 8 nitrogen and oxygen atoms in total. The van der Waals surface area contributed by atoms with Gasteiger partial charge in [0.1, 0.15) is 11.3 Å². The molecule has 0 amide bonds. The van der Waals surface area contributed by atoms with Crippen molar-refractivity contribution in [1.29, 1.82) is 0 Å². The van der Waals surface area contributed by atoms with E-state index in [1.165, 1.54) is 0 Å². The number of benzene rings is 1. The summed E-state index contributed by atoms with van der Waals surface area (Å²) in [6, 6.07) is 6.63. The lowest BCUT2D eigenvalue weighted by Crippen LogP contribution is -2.33. The summed E-state index contributed by atoms with van der Waals surface area (Å²) in [7, 11) is 1.55.